The molecule has 1 aromatic heterocycles. The van der Waals surface area contributed by atoms with E-state index in [1.807, 2.05) is 0 Å². The zero-order chi connectivity index (χ0) is 15.6. The van der Waals surface area contributed by atoms with E-state index >= 15 is 0 Å². The average Bonchev–Trinajstić information content (AvgIpc) is 2.39. The smallest absolute Gasteiger partial charge is 0.319 e. The topological polar surface area (TPSA) is 42.0 Å². The molecule has 2 aromatic rings. The molecule has 0 aliphatic carbocycles. The summed E-state index contributed by atoms with van der Waals surface area (Å²) in [5.74, 6) is -1.63. The molecule has 3 nitrogen and oxygen atoms in total. The van der Waals surface area contributed by atoms with E-state index in [1.165, 1.54) is 12.1 Å². The summed E-state index contributed by atoms with van der Waals surface area (Å²) in [6, 6.07) is 6.09. The summed E-state index contributed by atoms with van der Waals surface area (Å²) >= 11 is 5.69. The van der Waals surface area contributed by atoms with Crippen molar-refractivity contribution in [2.45, 2.75) is 6.18 Å². The van der Waals surface area contributed by atoms with Gasteiger partial charge in [-0.3, -0.25) is 4.79 Å². The predicted molar refractivity (Wildman–Crippen MR) is 68.6 cm³/mol. The van der Waals surface area contributed by atoms with E-state index < -0.39 is 23.6 Å². The van der Waals surface area contributed by atoms with Crippen LogP contribution in [0.1, 0.15) is 16.1 Å². The average molecular weight is 319 g/mol. The minimum Gasteiger partial charge on any atom is -0.319 e. The van der Waals surface area contributed by atoms with Crippen LogP contribution < -0.4 is 5.32 Å². The van der Waals surface area contributed by atoms with Crippen LogP contribution in [0, 0.1) is 5.95 Å². The number of aromatic nitrogens is 1. The number of rotatable bonds is 2. The van der Waals surface area contributed by atoms with Gasteiger partial charge in [0.2, 0.25) is 5.95 Å². The third kappa shape index (κ3) is 3.69. The largest absolute Gasteiger partial charge is 0.416 e. The first-order chi connectivity index (χ1) is 9.77. The van der Waals surface area contributed by atoms with Gasteiger partial charge in [0.15, 0.2) is 0 Å². The summed E-state index contributed by atoms with van der Waals surface area (Å²) in [6.07, 6.45) is -4.53. The summed E-state index contributed by atoms with van der Waals surface area (Å²) in [4.78, 5) is 15.1. The van der Waals surface area contributed by atoms with Crippen molar-refractivity contribution in [3.63, 3.8) is 0 Å². The molecule has 1 amide bonds. The first-order valence-electron chi connectivity index (χ1n) is 5.58. The van der Waals surface area contributed by atoms with E-state index in [9.17, 15) is 22.4 Å². The Labute approximate surface area is 121 Å². The highest BCUT2D eigenvalue weighted by Gasteiger charge is 2.31. The van der Waals surface area contributed by atoms with E-state index in [4.69, 9.17) is 11.6 Å². The van der Waals surface area contributed by atoms with Gasteiger partial charge >= 0.3 is 6.18 Å². The number of alkyl halides is 3. The van der Waals surface area contributed by atoms with Gasteiger partial charge in [0, 0.05) is 0 Å². The van der Waals surface area contributed by atoms with Crippen molar-refractivity contribution in [2.75, 3.05) is 5.32 Å². The molecule has 0 radical (unpaired) electrons. The first-order valence-corrected chi connectivity index (χ1v) is 5.96. The zero-order valence-corrected chi connectivity index (χ0v) is 11.0. The van der Waals surface area contributed by atoms with Crippen molar-refractivity contribution >= 4 is 23.2 Å². The molecule has 0 atom stereocenters. The van der Waals surface area contributed by atoms with Gasteiger partial charge in [-0.1, -0.05) is 17.7 Å². The Kier molecular flexibility index (Phi) is 4.13. The van der Waals surface area contributed by atoms with Gasteiger partial charge in [-0.2, -0.15) is 17.6 Å². The second-order valence-electron chi connectivity index (χ2n) is 3.99. The fourth-order valence-corrected chi connectivity index (χ4v) is 1.74. The predicted octanol–water partition coefficient (Wildman–Crippen LogP) is 4.15. The molecule has 1 heterocycles. The summed E-state index contributed by atoms with van der Waals surface area (Å²) in [7, 11) is 0. The fourth-order valence-electron chi connectivity index (χ4n) is 1.51. The van der Waals surface area contributed by atoms with Crippen LogP contribution in [0.25, 0.3) is 0 Å². The number of pyridine rings is 1. The highest BCUT2D eigenvalue weighted by molar-refractivity contribution is 6.34. The number of benzene rings is 1. The van der Waals surface area contributed by atoms with Crippen molar-refractivity contribution in [1.29, 1.82) is 0 Å². The SMILES string of the molecule is O=C(Nc1ccc(C(F)(F)F)cc1Cl)c1cccc(F)n1. The van der Waals surface area contributed by atoms with E-state index in [1.54, 1.807) is 0 Å². The number of nitrogens with zero attached hydrogens (tertiary/aromatic N) is 1. The molecule has 2 rings (SSSR count). The Balaban J connectivity index is 2.22. The van der Waals surface area contributed by atoms with E-state index in [0.717, 1.165) is 18.2 Å². The van der Waals surface area contributed by atoms with Crippen LogP contribution in [0.5, 0.6) is 0 Å². The standard InChI is InChI=1S/C13H7ClF4N2O/c14-8-6-7(13(16,17)18)4-5-9(8)20-12(21)10-2-1-3-11(15)19-10/h1-6H,(H,20,21). The van der Waals surface area contributed by atoms with Crippen LogP contribution in [-0.2, 0) is 6.18 Å². The molecule has 110 valence electrons. The minimum atomic E-state index is -4.53. The third-order valence-electron chi connectivity index (χ3n) is 2.49. The molecule has 0 fully saturated rings. The highest BCUT2D eigenvalue weighted by Crippen LogP contribution is 2.33. The van der Waals surface area contributed by atoms with Gasteiger partial charge in [-0.05, 0) is 30.3 Å². The molecule has 0 aliphatic rings. The maximum Gasteiger partial charge on any atom is 0.416 e. The molecule has 1 aromatic carbocycles. The number of nitrogens with one attached hydrogen (secondary N) is 1. The van der Waals surface area contributed by atoms with Crippen molar-refractivity contribution in [3.05, 3.63) is 58.6 Å². The molecule has 1 N–H and O–H groups in total. The van der Waals surface area contributed by atoms with Crippen molar-refractivity contribution in [2.24, 2.45) is 0 Å². The highest BCUT2D eigenvalue weighted by atomic mass is 35.5. The summed E-state index contributed by atoms with van der Waals surface area (Å²) in [6.45, 7) is 0. The maximum atomic E-state index is 12.9. The monoisotopic (exact) mass is 318 g/mol. The second-order valence-corrected chi connectivity index (χ2v) is 4.40. The molecular formula is C13H7ClF4N2O. The molecule has 0 saturated carbocycles. The van der Waals surface area contributed by atoms with Gasteiger partial charge in [0.05, 0.1) is 16.3 Å². The molecule has 0 bridgehead atoms. The Morgan fingerprint density at radius 1 is 1.19 bits per heavy atom. The molecule has 0 aliphatic heterocycles. The van der Waals surface area contributed by atoms with Crippen LogP contribution in [0.4, 0.5) is 23.2 Å². The molecular weight excluding hydrogens is 312 g/mol. The lowest BCUT2D eigenvalue weighted by Crippen LogP contribution is -2.15. The van der Waals surface area contributed by atoms with Crippen LogP contribution in [0.3, 0.4) is 0 Å². The lowest BCUT2D eigenvalue weighted by atomic mass is 10.2. The summed E-state index contributed by atoms with van der Waals surface area (Å²) in [5, 5.41) is 1.98. The maximum absolute atomic E-state index is 12.9. The van der Waals surface area contributed by atoms with E-state index in [2.05, 4.69) is 10.3 Å². The Morgan fingerprint density at radius 2 is 1.90 bits per heavy atom. The number of amides is 1. The number of hydrogen-bond donors (Lipinski definition) is 1. The van der Waals surface area contributed by atoms with Crippen LogP contribution >= 0.6 is 11.6 Å². The lowest BCUT2D eigenvalue weighted by molar-refractivity contribution is -0.137. The third-order valence-corrected chi connectivity index (χ3v) is 2.81. The Bertz CT molecular complexity index is 688. The van der Waals surface area contributed by atoms with Crippen molar-refractivity contribution in [3.8, 4) is 0 Å². The Morgan fingerprint density at radius 3 is 2.48 bits per heavy atom. The van der Waals surface area contributed by atoms with Crippen molar-refractivity contribution < 1.29 is 22.4 Å². The normalized spacial score (nSPS) is 11.3. The van der Waals surface area contributed by atoms with Crippen LogP contribution in [0.2, 0.25) is 5.02 Å². The Hall–Kier alpha value is -2.15. The summed E-state index contributed by atoms with van der Waals surface area (Å²) < 4.78 is 50.3. The van der Waals surface area contributed by atoms with Gasteiger partial charge in [0.25, 0.3) is 5.91 Å². The molecule has 0 spiro atoms. The van der Waals surface area contributed by atoms with Gasteiger partial charge in [0.1, 0.15) is 5.69 Å². The zero-order valence-electron chi connectivity index (χ0n) is 10.2. The van der Waals surface area contributed by atoms with Gasteiger partial charge in [-0.25, -0.2) is 4.98 Å². The minimum absolute atomic E-state index is 0.0271. The number of hydrogen-bond acceptors (Lipinski definition) is 2. The quantitative estimate of drug-likeness (QED) is 0.668. The second kappa shape index (κ2) is 5.69. The van der Waals surface area contributed by atoms with E-state index in [0.29, 0.717) is 6.07 Å². The van der Waals surface area contributed by atoms with Crippen molar-refractivity contribution in [1.82, 2.24) is 4.98 Å². The lowest BCUT2D eigenvalue weighted by Gasteiger charge is -2.10. The number of anilines is 1. The molecule has 0 unspecified atom stereocenters. The summed E-state index contributed by atoms with van der Waals surface area (Å²) in [5.41, 5.74) is -1.18. The number of halogens is 5. The van der Waals surface area contributed by atoms with Gasteiger partial charge < -0.3 is 5.32 Å². The van der Waals surface area contributed by atoms with E-state index in [-0.39, 0.29) is 16.4 Å². The molecule has 0 saturated heterocycles. The first kappa shape index (κ1) is 15.2. The van der Waals surface area contributed by atoms with Crippen LogP contribution in [0.15, 0.2) is 36.4 Å². The fraction of sp³-hybridized carbons (Fsp3) is 0.0769. The number of carbonyl (C=O) groups excluding carboxylic acids is 1. The number of carbonyl (C=O) groups is 1. The molecule has 21 heavy (non-hydrogen) atoms. The molecule has 8 heteroatoms. The van der Waals surface area contributed by atoms with Gasteiger partial charge in [-0.15, -0.1) is 0 Å². The van der Waals surface area contributed by atoms with Crippen LogP contribution in [-0.4, -0.2) is 10.9 Å².